The fourth-order valence-corrected chi connectivity index (χ4v) is 2.13. The normalized spacial score (nSPS) is 12.5. The lowest BCUT2D eigenvalue weighted by atomic mass is 10.1. The molecule has 102 valence electrons. The predicted octanol–water partition coefficient (Wildman–Crippen LogP) is 4.67. The summed E-state index contributed by atoms with van der Waals surface area (Å²) in [5, 5.41) is 4.65. The van der Waals surface area contributed by atoms with Gasteiger partial charge in [-0.15, -0.1) is 0 Å². The second kappa shape index (κ2) is 7.88. The van der Waals surface area contributed by atoms with Crippen molar-refractivity contribution in [3.63, 3.8) is 0 Å². The maximum absolute atomic E-state index is 6.18. The van der Waals surface area contributed by atoms with Crippen LogP contribution in [-0.4, -0.2) is 12.6 Å². The molecule has 1 atom stereocenters. The molecule has 1 aromatic rings. The highest BCUT2D eigenvalue weighted by atomic mass is 35.5. The van der Waals surface area contributed by atoms with E-state index in [1.54, 1.807) is 6.07 Å². The van der Waals surface area contributed by atoms with Gasteiger partial charge in [-0.05, 0) is 31.9 Å². The van der Waals surface area contributed by atoms with Crippen LogP contribution in [-0.2, 0) is 6.54 Å². The maximum atomic E-state index is 6.18. The van der Waals surface area contributed by atoms with Crippen LogP contribution in [0.1, 0.15) is 39.2 Å². The standard InChI is InChI=1S/C14H21Cl2NO/c1-4-6-18-14-11(9-17-10(3)5-2)7-12(15)8-13(14)16/h7-8,10,17H,4-6,9H2,1-3H3. The second-order valence-corrected chi connectivity index (χ2v) is 5.26. The van der Waals surface area contributed by atoms with Crippen molar-refractivity contribution in [3.8, 4) is 5.75 Å². The minimum atomic E-state index is 0.460. The molecule has 0 aliphatic heterocycles. The molecule has 4 heteroatoms. The van der Waals surface area contributed by atoms with Crippen molar-refractivity contribution in [3.05, 3.63) is 27.7 Å². The third-order valence-corrected chi connectivity index (χ3v) is 3.29. The maximum Gasteiger partial charge on any atom is 0.142 e. The van der Waals surface area contributed by atoms with Crippen LogP contribution in [0.25, 0.3) is 0 Å². The van der Waals surface area contributed by atoms with Gasteiger partial charge in [-0.3, -0.25) is 0 Å². The van der Waals surface area contributed by atoms with Gasteiger partial charge < -0.3 is 10.1 Å². The van der Waals surface area contributed by atoms with Crippen LogP contribution in [0, 0.1) is 0 Å². The van der Waals surface area contributed by atoms with E-state index in [0.29, 0.717) is 29.2 Å². The molecule has 0 radical (unpaired) electrons. The van der Waals surface area contributed by atoms with E-state index in [-0.39, 0.29) is 0 Å². The molecule has 1 N–H and O–H groups in total. The van der Waals surface area contributed by atoms with Crippen molar-refractivity contribution in [2.45, 2.75) is 46.2 Å². The van der Waals surface area contributed by atoms with Gasteiger partial charge in [-0.1, -0.05) is 37.0 Å². The Bertz CT molecular complexity index is 382. The third kappa shape index (κ3) is 4.68. The number of ether oxygens (including phenoxy) is 1. The van der Waals surface area contributed by atoms with Crippen LogP contribution in [0.15, 0.2) is 12.1 Å². The van der Waals surface area contributed by atoms with Gasteiger partial charge in [-0.2, -0.15) is 0 Å². The molecule has 0 spiro atoms. The zero-order chi connectivity index (χ0) is 13.5. The number of rotatable bonds is 7. The lowest BCUT2D eigenvalue weighted by Gasteiger charge is -2.16. The van der Waals surface area contributed by atoms with Crippen LogP contribution >= 0.6 is 23.2 Å². The molecule has 0 saturated carbocycles. The van der Waals surface area contributed by atoms with Gasteiger partial charge in [-0.25, -0.2) is 0 Å². The molecule has 2 nitrogen and oxygen atoms in total. The Morgan fingerprint density at radius 2 is 2.00 bits per heavy atom. The molecular formula is C14H21Cl2NO. The average molecular weight is 290 g/mol. The summed E-state index contributed by atoms with van der Waals surface area (Å²) in [6.45, 7) is 7.75. The van der Waals surface area contributed by atoms with Crippen molar-refractivity contribution in [2.24, 2.45) is 0 Å². The van der Waals surface area contributed by atoms with E-state index >= 15 is 0 Å². The molecule has 1 rings (SSSR count). The summed E-state index contributed by atoms with van der Waals surface area (Å²) in [5.41, 5.74) is 1.02. The van der Waals surface area contributed by atoms with Crippen LogP contribution in [0.2, 0.25) is 10.0 Å². The Labute approximate surface area is 120 Å². The Morgan fingerprint density at radius 1 is 1.28 bits per heavy atom. The minimum Gasteiger partial charge on any atom is -0.492 e. The molecule has 0 saturated heterocycles. The molecule has 1 aromatic carbocycles. The number of nitrogens with one attached hydrogen (secondary N) is 1. The van der Waals surface area contributed by atoms with Gasteiger partial charge in [0.05, 0.1) is 11.6 Å². The van der Waals surface area contributed by atoms with Crippen molar-refractivity contribution in [2.75, 3.05) is 6.61 Å². The summed E-state index contributed by atoms with van der Waals surface area (Å²) in [5.74, 6) is 0.749. The Morgan fingerprint density at radius 3 is 2.61 bits per heavy atom. The highest BCUT2D eigenvalue weighted by molar-refractivity contribution is 6.35. The summed E-state index contributed by atoms with van der Waals surface area (Å²) in [7, 11) is 0. The number of benzene rings is 1. The van der Waals surface area contributed by atoms with Crippen molar-refractivity contribution >= 4 is 23.2 Å². The van der Waals surface area contributed by atoms with Crippen LogP contribution in [0.4, 0.5) is 0 Å². The van der Waals surface area contributed by atoms with Gasteiger partial charge in [0.1, 0.15) is 5.75 Å². The summed E-state index contributed by atoms with van der Waals surface area (Å²) in [4.78, 5) is 0. The van der Waals surface area contributed by atoms with E-state index in [1.165, 1.54) is 0 Å². The Kier molecular flexibility index (Phi) is 6.83. The second-order valence-electron chi connectivity index (χ2n) is 4.41. The van der Waals surface area contributed by atoms with Gasteiger partial charge in [0, 0.05) is 23.2 Å². The topological polar surface area (TPSA) is 21.3 Å². The van der Waals surface area contributed by atoms with E-state index < -0.39 is 0 Å². The van der Waals surface area contributed by atoms with E-state index in [9.17, 15) is 0 Å². The fourth-order valence-electron chi connectivity index (χ4n) is 1.54. The minimum absolute atomic E-state index is 0.460. The first-order chi connectivity index (χ1) is 8.58. The SMILES string of the molecule is CCCOc1c(Cl)cc(Cl)cc1CNC(C)CC. The third-order valence-electron chi connectivity index (χ3n) is 2.79. The van der Waals surface area contributed by atoms with E-state index in [2.05, 4.69) is 26.1 Å². The number of hydrogen-bond donors (Lipinski definition) is 1. The highest BCUT2D eigenvalue weighted by Crippen LogP contribution is 2.32. The molecule has 18 heavy (non-hydrogen) atoms. The molecule has 0 heterocycles. The molecule has 0 aliphatic carbocycles. The molecule has 1 unspecified atom stereocenters. The summed E-state index contributed by atoms with van der Waals surface area (Å²) < 4.78 is 5.71. The average Bonchev–Trinajstić information content (AvgIpc) is 2.34. The molecular weight excluding hydrogens is 269 g/mol. The van der Waals surface area contributed by atoms with Gasteiger partial charge >= 0.3 is 0 Å². The zero-order valence-corrected chi connectivity index (χ0v) is 12.7. The number of halogens is 2. The smallest absolute Gasteiger partial charge is 0.142 e. The van der Waals surface area contributed by atoms with Gasteiger partial charge in [0.15, 0.2) is 0 Å². The number of hydrogen-bond acceptors (Lipinski definition) is 2. The largest absolute Gasteiger partial charge is 0.492 e. The Balaban J connectivity index is 2.85. The summed E-state index contributed by atoms with van der Waals surface area (Å²) in [6, 6.07) is 4.09. The first-order valence-electron chi connectivity index (χ1n) is 6.42. The lowest BCUT2D eigenvalue weighted by molar-refractivity contribution is 0.313. The first kappa shape index (κ1) is 15.6. The van der Waals surface area contributed by atoms with Gasteiger partial charge in [0.25, 0.3) is 0 Å². The predicted molar refractivity (Wildman–Crippen MR) is 78.8 cm³/mol. The van der Waals surface area contributed by atoms with Crippen LogP contribution in [0.3, 0.4) is 0 Å². The summed E-state index contributed by atoms with van der Waals surface area (Å²) in [6.07, 6.45) is 2.04. The van der Waals surface area contributed by atoms with Crippen molar-refractivity contribution in [1.29, 1.82) is 0 Å². The van der Waals surface area contributed by atoms with E-state index in [4.69, 9.17) is 27.9 Å². The van der Waals surface area contributed by atoms with E-state index in [1.807, 2.05) is 6.07 Å². The van der Waals surface area contributed by atoms with E-state index in [0.717, 1.165) is 24.2 Å². The molecule has 0 aromatic heterocycles. The molecule has 0 fully saturated rings. The zero-order valence-electron chi connectivity index (χ0n) is 11.2. The van der Waals surface area contributed by atoms with Crippen LogP contribution in [0.5, 0.6) is 5.75 Å². The monoisotopic (exact) mass is 289 g/mol. The first-order valence-corrected chi connectivity index (χ1v) is 7.18. The molecule has 0 bridgehead atoms. The van der Waals surface area contributed by atoms with Crippen molar-refractivity contribution in [1.82, 2.24) is 5.32 Å². The van der Waals surface area contributed by atoms with Gasteiger partial charge in [0.2, 0.25) is 0 Å². The molecule has 0 amide bonds. The highest BCUT2D eigenvalue weighted by Gasteiger charge is 2.11. The van der Waals surface area contributed by atoms with Crippen molar-refractivity contribution < 1.29 is 4.74 Å². The quantitative estimate of drug-likeness (QED) is 0.788. The lowest BCUT2D eigenvalue weighted by Crippen LogP contribution is -2.24. The van der Waals surface area contributed by atoms with Crippen LogP contribution < -0.4 is 10.1 Å². The summed E-state index contributed by atoms with van der Waals surface area (Å²) >= 11 is 12.2. The Hall–Kier alpha value is -0.440. The molecule has 0 aliphatic rings. The fraction of sp³-hybridized carbons (Fsp3) is 0.571.